The summed E-state index contributed by atoms with van der Waals surface area (Å²) in [6.07, 6.45) is 5.03. The van der Waals surface area contributed by atoms with E-state index in [9.17, 15) is 33.2 Å². The lowest BCUT2D eigenvalue weighted by atomic mass is 10.0. The molecular weight excluding hydrogens is 797 g/mol. The van der Waals surface area contributed by atoms with Crippen LogP contribution >= 0.6 is 11.6 Å². The van der Waals surface area contributed by atoms with Gasteiger partial charge in [-0.3, -0.25) is 43.9 Å². The third-order valence-electron chi connectivity index (χ3n) is 10.6. The van der Waals surface area contributed by atoms with Gasteiger partial charge in [-0.2, -0.15) is 0 Å². The molecule has 1 unspecified atom stereocenters. The van der Waals surface area contributed by atoms with E-state index in [1.54, 1.807) is 30.3 Å². The number of rotatable bonds is 16. The molecule has 1 aromatic heterocycles. The topological polar surface area (TPSA) is 195 Å². The van der Waals surface area contributed by atoms with E-state index in [1.165, 1.54) is 24.5 Å². The number of piperidine rings is 1. The van der Waals surface area contributed by atoms with Gasteiger partial charge in [-0.15, -0.1) is 0 Å². The van der Waals surface area contributed by atoms with Crippen molar-refractivity contribution < 1.29 is 37.9 Å². The van der Waals surface area contributed by atoms with Crippen LogP contribution in [0.3, 0.4) is 0 Å². The Morgan fingerprint density at radius 3 is 2.57 bits per heavy atom. The van der Waals surface area contributed by atoms with E-state index in [0.717, 1.165) is 30.6 Å². The molecule has 312 valence electrons. The summed E-state index contributed by atoms with van der Waals surface area (Å²) in [6.45, 7) is 7.77. The normalized spacial score (nSPS) is 16.7. The number of anilines is 4. The van der Waals surface area contributed by atoms with Crippen molar-refractivity contribution in [1.29, 1.82) is 0 Å². The maximum Gasteiger partial charge on any atom is 0.264 e. The Balaban J connectivity index is 0.841. The predicted molar refractivity (Wildman–Crippen MR) is 222 cm³/mol. The van der Waals surface area contributed by atoms with Crippen LogP contribution in [0, 0.1) is 5.82 Å². The predicted octanol–water partition coefficient (Wildman–Crippen LogP) is 4.89. The van der Waals surface area contributed by atoms with E-state index in [4.69, 9.17) is 16.3 Å². The number of piperazine rings is 1. The van der Waals surface area contributed by atoms with Gasteiger partial charge in [0.1, 0.15) is 29.8 Å². The number of aromatic nitrogens is 2. The molecule has 18 heteroatoms. The number of ether oxygens (including phenoxy) is 1. The molecule has 0 radical (unpaired) electrons. The number of nitrogens with one attached hydrogen (secondary N) is 4. The first-order valence-corrected chi connectivity index (χ1v) is 20.0. The first-order valence-electron chi connectivity index (χ1n) is 19.7. The van der Waals surface area contributed by atoms with Crippen LogP contribution in [0.1, 0.15) is 59.2 Å². The van der Waals surface area contributed by atoms with Gasteiger partial charge in [0.05, 0.1) is 34.0 Å². The number of benzene rings is 3. The molecule has 7 rings (SSSR count). The minimum atomic E-state index is -1.03. The molecule has 0 spiro atoms. The molecule has 4 heterocycles. The quantitative estimate of drug-likeness (QED) is 0.0679. The number of nitrogens with zero attached hydrogens (tertiary/aromatic N) is 5. The number of fused-ring (bicyclic) bond motifs is 2. The highest BCUT2D eigenvalue weighted by Gasteiger charge is 2.45. The summed E-state index contributed by atoms with van der Waals surface area (Å²) in [7, 11) is 0. The number of amides is 6. The molecule has 6 amide bonds. The fourth-order valence-corrected chi connectivity index (χ4v) is 7.61. The minimum absolute atomic E-state index is 0.0414. The summed E-state index contributed by atoms with van der Waals surface area (Å²) in [4.78, 5) is 89.6. The summed E-state index contributed by atoms with van der Waals surface area (Å²) < 4.78 is 19.9. The molecule has 1 atom stereocenters. The molecule has 16 nitrogen and oxygen atoms in total. The van der Waals surface area contributed by atoms with Gasteiger partial charge >= 0.3 is 0 Å². The summed E-state index contributed by atoms with van der Waals surface area (Å²) in [5, 5.41) is 11.9. The second-order valence-electron chi connectivity index (χ2n) is 14.5. The van der Waals surface area contributed by atoms with Crippen molar-refractivity contribution in [2.24, 2.45) is 0 Å². The van der Waals surface area contributed by atoms with Crippen LogP contribution in [0.25, 0.3) is 10.9 Å². The maximum atomic E-state index is 13.7. The van der Waals surface area contributed by atoms with Gasteiger partial charge in [-0.1, -0.05) is 24.2 Å². The number of halogens is 2. The van der Waals surface area contributed by atoms with E-state index in [2.05, 4.69) is 42.7 Å². The van der Waals surface area contributed by atoms with Crippen LogP contribution in [0.2, 0.25) is 5.02 Å². The van der Waals surface area contributed by atoms with Crippen molar-refractivity contribution in [3.8, 4) is 5.75 Å². The SMILES string of the molecule is C=CC(=O)Nc1cc2c(Nc3ccc(F)c(Cl)c3)ncnc2cc1OCCCN1CCN(C(=O)CCCCNc2cccc3c2C(=O)N(C2CCC(=O)NC2=O)C3=O)CC1. The van der Waals surface area contributed by atoms with E-state index in [0.29, 0.717) is 91.5 Å². The molecule has 60 heavy (non-hydrogen) atoms. The summed E-state index contributed by atoms with van der Waals surface area (Å²) in [5.74, 6) is -2.26. The largest absolute Gasteiger partial charge is 0.491 e. The molecule has 2 saturated heterocycles. The Hall–Kier alpha value is -6.46. The fraction of sp³-hybridized carbons (Fsp3) is 0.333. The Morgan fingerprint density at radius 2 is 1.80 bits per heavy atom. The van der Waals surface area contributed by atoms with Gasteiger partial charge < -0.3 is 25.6 Å². The Labute approximate surface area is 349 Å². The van der Waals surface area contributed by atoms with Crippen molar-refractivity contribution in [1.82, 2.24) is 30.0 Å². The zero-order valence-corrected chi connectivity index (χ0v) is 33.4. The lowest BCUT2D eigenvalue weighted by Crippen LogP contribution is -2.54. The van der Waals surface area contributed by atoms with Gasteiger partial charge in [0.2, 0.25) is 23.6 Å². The lowest BCUT2D eigenvalue weighted by molar-refractivity contribution is -0.136. The standard InChI is InChI=1S/C42H43ClFN9O7/c1-2-35(54)49-32-22-27-31(46-24-47-39(27)48-25-10-11-29(44)28(43)21-25)23-34(32)60-20-6-15-51-16-18-52(19-17-51)37(56)9-3-4-14-45-30-8-5-7-26-38(30)42(59)53(41(26)58)33-12-13-36(55)50-40(33)57/h2,5,7-8,10-11,21-24,33,45H,1,3-4,6,9,12-20H2,(H,49,54)(H,46,47,48)(H,50,55,57). The third-order valence-corrected chi connectivity index (χ3v) is 10.9. The van der Waals surface area contributed by atoms with Crippen LogP contribution in [-0.2, 0) is 19.2 Å². The van der Waals surface area contributed by atoms with Crippen LogP contribution < -0.4 is 26.0 Å². The van der Waals surface area contributed by atoms with Crippen LogP contribution in [0.4, 0.5) is 27.3 Å². The fourth-order valence-electron chi connectivity index (χ4n) is 7.43. The molecule has 3 aliphatic heterocycles. The van der Waals surface area contributed by atoms with Gasteiger partial charge in [0.15, 0.2) is 0 Å². The molecule has 0 saturated carbocycles. The molecule has 4 N–H and O–H groups in total. The molecule has 3 aliphatic rings. The summed E-state index contributed by atoms with van der Waals surface area (Å²) in [5.41, 5.74) is 2.37. The summed E-state index contributed by atoms with van der Waals surface area (Å²) in [6, 6.07) is 11.5. The third kappa shape index (κ3) is 9.37. The number of carbonyl (C=O) groups is 6. The van der Waals surface area contributed by atoms with Crippen molar-refractivity contribution in [3.05, 3.63) is 89.5 Å². The Morgan fingerprint density at radius 1 is 0.983 bits per heavy atom. The number of hydrogen-bond donors (Lipinski definition) is 4. The molecule has 0 bridgehead atoms. The van der Waals surface area contributed by atoms with E-state index in [-0.39, 0.29) is 34.9 Å². The molecular formula is C42H43ClFN9O7. The van der Waals surface area contributed by atoms with Gasteiger partial charge in [-0.05, 0) is 68.2 Å². The van der Waals surface area contributed by atoms with Gasteiger partial charge in [0.25, 0.3) is 11.8 Å². The first-order chi connectivity index (χ1) is 29.0. The molecule has 2 fully saturated rings. The molecule has 3 aromatic carbocycles. The second-order valence-corrected chi connectivity index (χ2v) is 14.9. The van der Waals surface area contributed by atoms with E-state index in [1.807, 2.05) is 4.90 Å². The number of hydrogen-bond acceptors (Lipinski definition) is 12. The first kappa shape index (κ1) is 41.7. The van der Waals surface area contributed by atoms with Crippen LogP contribution in [0.5, 0.6) is 5.75 Å². The van der Waals surface area contributed by atoms with Crippen molar-refractivity contribution in [3.63, 3.8) is 0 Å². The average molecular weight is 840 g/mol. The van der Waals surface area contributed by atoms with Crippen LogP contribution in [-0.4, -0.2) is 112 Å². The Kier molecular flexibility index (Phi) is 12.9. The second kappa shape index (κ2) is 18.6. The molecule has 0 aliphatic carbocycles. The van der Waals surface area contributed by atoms with E-state index >= 15 is 0 Å². The lowest BCUT2D eigenvalue weighted by Gasteiger charge is -2.34. The van der Waals surface area contributed by atoms with Gasteiger partial charge in [-0.25, -0.2) is 14.4 Å². The average Bonchev–Trinajstić information content (AvgIpc) is 3.49. The minimum Gasteiger partial charge on any atom is -0.491 e. The number of imide groups is 2. The number of unbranched alkanes of at least 4 members (excludes halogenated alkanes) is 1. The molecule has 4 aromatic rings. The smallest absolute Gasteiger partial charge is 0.264 e. The highest BCUT2D eigenvalue weighted by molar-refractivity contribution is 6.31. The highest BCUT2D eigenvalue weighted by Crippen LogP contribution is 2.35. The zero-order chi connectivity index (χ0) is 42.3. The monoisotopic (exact) mass is 839 g/mol. The van der Waals surface area contributed by atoms with Crippen molar-refractivity contribution in [2.75, 3.05) is 61.8 Å². The zero-order valence-electron chi connectivity index (χ0n) is 32.6. The number of carbonyl (C=O) groups excluding carboxylic acids is 6. The van der Waals surface area contributed by atoms with Crippen molar-refractivity contribution in [2.45, 2.75) is 44.6 Å². The summed E-state index contributed by atoms with van der Waals surface area (Å²) >= 11 is 5.96. The Bertz CT molecular complexity index is 2370. The van der Waals surface area contributed by atoms with Crippen molar-refractivity contribution >= 4 is 80.8 Å². The highest BCUT2D eigenvalue weighted by atomic mass is 35.5. The maximum absolute atomic E-state index is 13.7. The van der Waals surface area contributed by atoms with E-state index < -0.39 is 41.4 Å². The van der Waals surface area contributed by atoms with Gasteiger partial charge in [0, 0.05) is 74.9 Å². The van der Waals surface area contributed by atoms with Crippen LogP contribution in [0.15, 0.2) is 67.5 Å².